The summed E-state index contributed by atoms with van der Waals surface area (Å²) in [4.78, 5) is 21.9. The number of aryl methyl sites for hydroxylation is 1. The van der Waals surface area contributed by atoms with Gasteiger partial charge in [-0.15, -0.1) is 0 Å². The lowest BCUT2D eigenvalue weighted by Gasteiger charge is -2.39. The van der Waals surface area contributed by atoms with Crippen molar-refractivity contribution in [2.75, 3.05) is 13.1 Å². The standard InChI is InChI=1S/C29H29F6N3O2/c1-3-26-36-16-23(37-26)9-10-27(39)38-12-11-25(24(17-38)19-7-5-4-6-8-19)40-18(2)20-13-21(28(30,31)32)15-22(14-20)29(33,34)35/h4-10,13-16,18,24-25H,3,11-12,17H2,1-2H3,(H,36,37)/b10-9+/t18-,24+,25+/m1/s1. The van der Waals surface area contributed by atoms with Crippen molar-refractivity contribution >= 4 is 12.0 Å². The molecule has 2 aromatic carbocycles. The summed E-state index contributed by atoms with van der Waals surface area (Å²) >= 11 is 0. The number of carbonyl (C=O) groups is 1. The van der Waals surface area contributed by atoms with Gasteiger partial charge in [0, 0.05) is 31.5 Å². The van der Waals surface area contributed by atoms with E-state index in [2.05, 4.69) is 9.97 Å². The van der Waals surface area contributed by atoms with Crippen LogP contribution in [0.15, 0.2) is 60.8 Å². The molecule has 1 saturated heterocycles. The van der Waals surface area contributed by atoms with E-state index in [0.717, 1.165) is 17.8 Å². The predicted octanol–water partition coefficient (Wildman–Crippen LogP) is 7.19. The quantitative estimate of drug-likeness (QED) is 0.244. The van der Waals surface area contributed by atoms with Crippen LogP contribution in [-0.4, -0.2) is 40.0 Å². The third-order valence-electron chi connectivity index (χ3n) is 6.94. The molecule has 0 aliphatic carbocycles. The molecule has 1 fully saturated rings. The number of likely N-dealkylation sites (tertiary alicyclic amines) is 1. The van der Waals surface area contributed by atoms with E-state index in [4.69, 9.17) is 4.74 Å². The predicted molar refractivity (Wildman–Crippen MR) is 137 cm³/mol. The Hall–Kier alpha value is -3.60. The number of benzene rings is 2. The number of halogens is 6. The Bertz CT molecular complexity index is 1300. The number of nitrogens with one attached hydrogen (secondary N) is 1. The largest absolute Gasteiger partial charge is 0.416 e. The van der Waals surface area contributed by atoms with Gasteiger partial charge in [-0.3, -0.25) is 4.79 Å². The topological polar surface area (TPSA) is 58.2 Å². The molecule has 214 valence electrons. The first-order valence-electron chi connectivity index (χ1n) is 12.9. The molecule has 5 nitrogen and oxygen atoms in total. The number of nitrogens with zero attached hydrogens (tertiary/aromatic N) is 2. The molecule has 1 aliphatic heterocycles. The van der Waals surface area contributed by atoms with E-state index in [9.17, 15) is 31.1 Å². The second kappa shape index (κ2) is 11.9. The number of aromatic amines is 1. The molecule has 1 amide bonds. The SMILES string of the molecule is CCc1ncc(/C=C/C(=O)N2CC[C@H](O[C@H](C)c3cc(C(F)(F)F)cc(C(F)(F)F)c3)[C@H](c3ccccc3)C2)[nH]1. The molecule has 1 aliphatic rings. The fourth-order valence-electron chi connectivity index (χ4n) is 4.78. The van der Waals surface area contributed by atoms with Gasteiger partial charge in [0.25, 0.3) is 0 Å². The van der Waals surface area contributed by atoms with Crippen LogP contribution >= 0.6 is 0 Å². The third kappa shape index (κ3) is 7.12. The first-order chi connectivity index (χ1) is 18.8. The summed E-state index contributed by atoms with van der Waals surface area (Å²) in [5.74, 6) is 0.223. The van der Waals surface area contributed by atoms with E-state index in [0.29, 0.717) is 30.8 Å². The van der Waals surface area contributed by atoms with Gasteiger partial charge in [-0.05, 0) is 48.7 Å². The summed E-state index contributed by atoms with van der Waals surface area (Å²) in [5, 5.41) is 0. The molecule has 1 N–H and O–H groups in total. The highest BCUT2D eigenvalue weighted by Gasteiger charge is 2.38. The van der Waals surface area contributed by atoms with Crippen LogP contribution in [0.1, 0.15) is 66.1 Å². The summed E-state index contributed by atoms with van der Waals surface area (Å²) in [6.07, 6.45) is -5.71. The number of rotatable bonds is 7. The molecule has 3 aromatic rings. The zero-order valence-corrected chi connectivity index (χ0v) is 21.9. The number of alkyl halides is 6. The molecule has 40 heavy (non-hydrogen) atoms. The third-order valence-corrected chi connectivity index (χ3v) is 6.94. The molecule has 0 radical (unpaired) electrons. The number of piperidine rings is 1. The van der Waals surface area contributed by atoms with Gasteiger partial charge in [-0.1, -0.05) is 37.3 Å². The molecular weight excluding hydrogens is 536 g/mol. The summed E-state index contributed by atoms with van der Waals surface area (Å²) < 4.78 is 86.5. The van der Waals surface area contributed by atoms with Crippen molar-refractivity contribution in [2.45, 2.75) is 57.2 Å². The Labute approximate surface area is 227 Å². The molecule has 4 rings (SSSR count). The Balaban J connectivity index is 1.55. The fourth-order valence-corrected chi connectivity index (χ4v) is 4.78. The molecule has 0 bridgehead atoms. The molecule has 11 heteroatoms. The first kappa shape index (κ1) is 29.4. The molecule has 3 atom stereocenters. The number of ether oxygens (including phenoxy) is 1. The second-order valence-corrected chi connectivity index (χ2v) is 9.72. The Morgan fingerprint density at radius 3 is 2.33 bits per heavy atom. The Morgan fingerprint density at radius 1 is 1.10 bits per heavy atom. The number of amides is 1. The number of hydrogen-bond acceptors (Lipinski definition) is 3. The summed E-state index contributed by atoms with van der Waals surface area (Å²) in [6, 6.07) is 10.7. The average molecular weight is 566 g/mol. The Kier molecular flexibility index (Phi) is 8.72. The minimum absolute atomic E-state index is 0.104. The van der Waals surface area contributed by atoms with E-state index < -0.39 is 35.7 Å². The van der Waals surface area contributed by atoms with Crippen molar-refractivity contribution in [2.24, 2.45) is 0 Å². The van der Waals surface area contributed by atoms with E-state index >= 15 is 0 Å². The maximum atomic E-state index is 13.4. The number of imidazole rings is 1. The fraction of sp³-hybridized carbons (Fsp3) is 0.379. The molecule has 0 spiro atoms. The maximum Gasteiger partial charge on any atom is 0.416 e. The smallest absolute Gasteiger partial charge is 0.370 e. The van der Waals surface area contributed by atoms with Crippen molar-refractivity contribution in [3.63, 3.8) is 0 Å². The summed E-state index contributed by atoms with van der Waals surface area (Å²) in [6.45, 7) is 3.97. The van der Waals surface area contributed by atoms with Gasteiger partial charge in [0.05, 0.1) is 35.2 Å². The van der Waals surface area contributed by atoms with Crippen LogP contribution in [0.2, 0.25) is 0 Å². The van der Waals surface area contributed by atoms with E-state index in [-0.39, 0.29) is 30.0 Å². The molecule has 2 heterocycles. The van der Waals surface area contributed by atoms with Crippen molar-refractivity contribution < 1.29 is 35.9 Å². The summed E-state index contributed by atoms with van der Waals surface area (Å²) in [5.41, 5.74) is -1.45. The molecule has 1 aromatic heterocycles. The average Bonchev–Trinajstić information content (AvgIpc) is 3.39. The van der Waals surface area contributed by atoms with E-state index in [1.807, 2.05) is 37.3 Å². The van der Waals surface area contributed by atoms with Gasteiger partial charge in [0.2, 0.25) is 5.91 Å². The van der Waals surface area contributed by atoms with Gasteiger partial charge >= 0.3 is 12.4 Å². The number of carbonyl (C=O) groups excluding carboxylic acids is 1. The highest BCUT2D eigenvalue weighted by Crippen LogP contribution is 2.39. The van der Waals surface area contributed by atoms with E-state index in [1.165, 1.54) is 13.0 Å². The van der Waals surface area contributed by atoms with Crippen molar-refractivity contribution in [1.29, 1.82) is 0 Å². The first-order valence-corrected chi connectivity index (χ1v) is 12.9. The lowest BCUT2D eigenvalue weighted by atomic mass is 9.87. The van der Waals surface area contributed by atoms with Crippen LogP contribution < -0.4 is 0 Å². The van der Waals surface area contributed by atoms with Crippen LogP contribution in [0.25, 0.3) is 6.08 Å². The van der Waals surface area contributed by atoms with Crippen LogP contribution in [0, 0.1) is 0 Å². The highest BCUT2D eigenvalue weighted by atomic mass is 19.4. The highest BCUT2D eigenvalue weighted by molar-refractivity contribution is 5.91. The zero-order valence-electron chi connectivity index (χ0n) is 21.9. The monoisotopic (exact) mass is 565 g/mol. The lowest BCUT2D eigenvalue weighted by Crippen LogP contribution is -2.45. The molecule has 0 unspecified atom stereocenters. The van der Waals surface area contributed by atoms with Crippen molar-refractivity contribution in [3.05, 3.63) is 94.6 Å². The molecule has 0 saturated carbocycles. The lowest BCUT2D eigenvalue weighted by molar-refractivity contribution is -0.143. The zero-order chi connectivity index (χ0) is 29.1. The normalized spacial score (nSPS) is 19.2. The van der Waals surface area contributed by atoms with Gasteiger partial charge < -0.3 is 14.6 Å². The van der Waals surface area contributed by atoms with Crippen molar-refractivity contribution in [1.82, 2.24) is 14.9 Å². The second-order valence-electron chi connectivity index (χ2n) is 9.72. The number of H-pyrrole nitrogens is 1. The van der Waals surface area contributed by atoms with Gasteiger partial charge in [0.15, 0.2) is 0 Å². The van der Waals surface area contributed by atoms with Gasteiger partial charge in [0.1, 0.15) is 5.82 Å². The van der Waals surface area contributed by atoms with Crippen molar-refractivity contribution in [3.8, 4) is 0 Å². The van der Waals surface area contributed by atoms with Gasteiger partial charge in [-0.2, -0.15) is 26.3 Å². The number of aromatic nitrogens is 2. The van der Waals surface area contributed by atoms with Gasteiger partial charge in [-0.25, -0.2) is 4.98 Å². The Morgan fingerprint density at radius 2 is 1.75 bits per heavy atom. The molecular formula is C29H29F6N3O2. The van der Waals surface area contributed by atoms with Crippen LogP contribution in [0.4, 0.5) is 26.3 Å². The summed E-state index contributed by atoms with van der Waals surface area (Å²) in [7, 11) is 0. The maximum absolute atomic E-state index is 13.4. The number of hydrogen-bond donors (Lipinski definition) is 1. The van der Waals surface area contributed by atoms with Crippen LogP contribution in [-0.2, 0) is 28.3 Å². The van der Waals surface area contributed by atoms with E-state index in [1.54, 1.807) is 17.2 Å². The van der Waals surface area contributed by atoms with Crippen LogP contribution in [0.5, 0.6) is 0 Å². The van der Waals surface area contributed by atoms with Crippen LogP contribution in [0.3, 0.4) is 0 Å². The minimum atomic E-state index is -4.95. The minimum Gasteiger partial charge on any atom is -0.370 e.